The van der Waals surface area contributed by atoms with Gasteiger partial charge in [0, 0.05) is 31.9 Å². The van der Waals surface area contributed by atoms with Crippen LogP contribution in [0.25, 0.3) is 0 Å². The highest BCUT2D eigenvalue weighted by Crippen LogP contribution is 2.31. The maximum atomic E-state index is 12.8. The number of aryl methyl sites for hydroxylation is 1. The van der Waals surface area contributed by atoms with Gasteiger partial charge in [-0.3, -0.25) is 14.6 Å². The molecule has 1 aliphatic rings. The van der Waals surface area contributed by atoms with Crippen LogP contribution in [0.5, 0.6) is 5.75 Å². The van der Waals surface area contributed by atoms with Crippen LogP contribution in [-0.4, -0.2) is 57.1 Å². The van der Waals surface area contributed by atoms with Crippen molar-refractivity contribution in [3.05, 3.63) is 65.2 Å². The lowest BCUT2D eigenvalue weighted by Crippen LogP contribution is -2.42. The zero-order valence-corrected chi connectivity index (χ0v) is 17.3. The Morgan fingerprint density at radius 3 is 2.91 bits per heavy atom. The summed E-state index contributed by atoms with van der Waals surface area (Å²) in [4.78, 5) is 14.2. The van der Waals surface area contributed by atoms with Crippen molar-refractivity contribution in [3.8, 4) is 5.75 Å². The molecule has 11 heteroatoms. The predicted molar refractivity (Wildman–Crippen MR) is 107 cm³/mol. The summed E-state index contributed by atoms with van der Waals surface area (Å²) in [5, 5.41) is 11.0. The van der Waals surface area contributed by atoms with Gasteiger partial charge in [-0.2, -0.15) is 23.4 Å². The van der Waals surface area contributed by atoms with E-state index < -0.39 is 11.7 Å². The van der Waals surface area contributed by atoms with Gasteiger partial charge in [-0.25, -0.2) is 0 Å². The number of amides is 1. The van der Waals surface area contributed by atoms with Crippen molar-refractivity contribution in [2.24, 2.45) is 7.05 Å². The predicted octanol–water partition coefficient (Wildman–Crippen LogP) is 3.00. The van der Waals surface area contributed by atoms with Gasteiger partial charge in [0.25, 0.3) is 5.91 Å². The second kappa shape index (κ2) is 9.03. The van der Waals surface area contributed by atoms with Gasteiger partial charge in [-0.15, -0.1) is 0 Å². The molecular formula is C21H22F3N5O3. The number of carbonyl (C=O) groups excluding carboxylic acids is 1. The van der Waals surface area contributed by atoms with Crippen LogP contribution in [0, 0.1) is 0 Å². The summed E-state index contributed by atoms with van der Waals surface area (Å²) in [5.41, 5.74) is 1.19. The second-order valence-corrected chi connectivity index (χ2v) is 7.39. The van der Waals surface area contributed by atoms with E-state index in [9.17, 15) is 18.0 Å². The Morgan fingerprint density at radius 2 is 2.16 bits per heavy atom. The standard InChI is InChI=1S/C21H22F3N5O3/c1-28-15(6-9-31-16-4-2-3-14(11-16)21(22,23)24)12-18(27-28)19-13-29(8-10-32-19)20(30)17-5-7-25-26-17/h2-5,7,11-12,19H,6,8-10,13H2,1H3,(H,25,26)/t19-/m0/s1. The van der Waals surface area contributed by atoms with Gasteiger partial charge in [0.2, 0.25) is 0 Å². The van der Waals surface area contributed by atoms with Crippen molar-refractivity contribution < 1.29 is 27.4 Å². The van der Waals surface area contributed by atoms with Crippen molar-refractivity contribution in [2.75, 3.05) is 26.3 Å². The van der Waals surface area contributed by atoms with Crippen molar-refractivity contribution >= 4 is 5.91 Å². The van der Waals surface area contributed by atoms with Crippen LogP contribution in [0.3, 0.4) is 0 Å². The lowest BCUT2D eigenvalue weighted by Gasteiger charge is -2.31. The molecule has 1 saturated heterocycles. The summed E-state index contributed by atoms with van der Waals surface area (Å²) in [6.45, 7) is 1.40. The SMILES string of the molecule is Cn1nc([C@@H]2CN(C(=O)c3ccn[nH]3)CCO2)cc1CCOc1cccc(C(F)(F)F)c1. The van der Waals surface area contributed by atoms with Crippen molar-refractivity contribution in [2.45, 2.75) is 18.7 Å². The fourth-order valence-electron chi connectivity index (χ4n) is 3.52. The number of ether oxygens (including phenoxy) is 2. The first-order valence-electron chi connectivity index (χ1n) is 10.0. The first-order valence-corrected chi connectivity index (χ1v) is 10.0. The highest BCUT2D eigenvalue weighted by molar-refractivity contribution is 5.92. The van der Waals surface area contributed by atoms with Gasteiger partial charge < -0.3 is 14.4 Å². The molecular weight excluding hydrogens is 427 g/mol. The fourth-order valence-corrected chi connectivity index (χ4v) is 3.52. The summed E-state index contributed by atoms with van der Waals surface area (Å²) in [6, 6.07) is 8.28. The number of carbonyl (C=O) groups is 1. The van der Waals surface area contributed by atoms with Crippen LogP contribution in [-0.2, 0) is 24.4 Å². The van der Waals surface area contributed by atoms with Crippen LogP contribution in [0.2, 0.25) is 0 Å². The topological polar surface area (TPSA) is 85.3 Å². The second-order valence-electron chi connectivity index (χ2n) is 7.39. The molecule has 0 saturated carbocycles. The minimum Gasteiger partial charge on any atom is -0.493 e. The maximum Gasteiger partial charge on any atom is 0.416 e. The number of H-pyrrole nitrogens is 1. The molecule has 3 aromatic rings. The van der Waals surface area contributed by atoms with Crippen LogP contribution < -0.4 is 4.74 Å². The molecule has 1 aromatic carbocycles. The Hall–Kier alpha value is -3.34. The summed E-state index contributed by atoms with van der Waals surface area (Å²) in [7, 11) is 1.78. The molecule has 1 atom stereocenters. The molecule has 3 heterocycles. The Bertz CT molecular complexity index is 1070. The minimum atomic E-state index is -4.41. The Morgan fingerprint density at radius 1 is 1.31 bits per heavy atom. The van der Waals surface area contributed by atoms with Gasteiger partial charge in [-0.1, -0.05) is 6.07 Å². The average molecular weight is 449 g/mol. The van der Waals surface area contributed by atoms with E-state index in [0.29, 0.717) is 37.5 Å². The molecule has 0 spiro atoms. The zero-order chi connectivity index (χ0) is 22.7. The Kier molecular flexibility index (Phi) is 6.17. The third-order valence-electron chi connectivity index (χ3n) is 5.20. The first-order chi connectivity index (χ1) is 15.3. The fraction of sp³-hybridized carbons (Fsp3) is 0.381. The summed E-state index contributed by atoms with van der Waals surface area (Å²) in [5.74, 6) is 0.00670. The number of hydrogen-bond acceptors (Lipinski definition) is 5. The van der Waals surface area contributed by atoms with Gasteiger partial charge in [0.05, 0.1) is 31.0 Å². The molecule has 0 bridgehead atoms. The monoisotopic (exact) mass is 449 g/mol. The minimum absolute atomic E-state index is 0.151. The maximum absolute atomic E-state index is 12.8. The normalized spacial score (nSPS) is 16.9. The molecule has 8 nitrogen and oxygen atoms in total. The molecule has 1 aliphatic heterocycles. The van der Waals surface area contributed by atoms with Gasteiger partial charge in [0.1, 0.15) is 17.5 Å². The Balaban J connectivity index is 1.36. The van der Waals surface area contributed by atoms with E-state index in [1.807, 2.05) is 6.07 Å². The molecule has 170 valence electrons. The third kappa shape index (κ3) is 4.93. The van der Waals surface area contributed by atoms with Gasteiger partial charge in [0.15, 0.2) is 0 Å². The lowest BCUT2D eigenvalue weighted by molar-refractivity contribution is -0.137. The smallest absolute Gasteiger partial charge is 0.416 e. The lowest BCUT2D eigenvalue weighted by atomic mass is 10.1. The number of alkyl halides is 3. The number of nitrogens with zero attached hydrogens (tertiary/aromatic N) is 4. The number of morpholine rings is 1. The van der Waals surface area contributed by atoms with E-state index in [1.54, 1.807) is 22.7 Å². The van der Waals surface area contributed by atoms with E-state index in [4.69, 9.17) is 9.47 Å². The van der Waals surface area contributed by atoms with Crippen LogP contribution >= 0.6 is 0 Å². The van der Waals surface area contributed by atoms with Crippen LogP contribution in [0.15, 0.2) is 42.6 Å². The van der Waals surface area contributed by atoms with E-state index in [0.717, 1.165) is 17.8 Å². The van der Waals surface area contributed by atoms with E-state index in [-0.39, 0.29) is 24.4 Å². The molecule has 0 radical (unpaired) electrons. The average Bonchev–Trinajstić information content (AvgIpc) is 3.43. The van der Waals surface area contributed by atoms with Gasteiger partial charge >= 0.3 is 6.18 Å². The molecule has 2 aromatic heterocycles. The zero-order valence-electron chi connectivity index (χ0n) is 17.3. The van der Waals surface area contributed by atoms with E-state index in [1.165, 1.54) is 18.3 Å². The molecule has 1 N–H and O–H groups in total. The quantitative estimate of drug-likeness (QED) is 0.626. The number of nitrogens with one attached hydrogen (secondary N) is 1. The Labute approximate surface area is 181 Å². The number of halogens is 3. The number of rotatable bonds is 6. The van der Waals surface area contributed by atoms with Crippen molar-refractivity contribution in [1.82, 2.24) is 24.9 Å². The highest BCUT2D eigenvalue weighted by atomic mass is 19.4. The number of aromatic nitrogens is 4. The van der Waals surface area contributed by atoms with E-state index >= 15 is 0 Å². The molecule has 0 unspecified atom stereocenters. The van der Waals surface area contributed by atoms with E-state index in [2.05, 4.69) is 15.3 Å². The summed E-state index contributed by atoms with van der Waals surface area (Å²) < 4.78 is 51.5. The number of hydrogen-bond donors (Lipinski definition) is 1. The first kappa shape index (κ1) is 21.9. The van der Waals surface area contributed by atoms with Crippen LogP contribution in [0.4, 0.5) is 13.2 Å². The summed E-state index contributed by atoms with van der Waals surface area (Å²) in [6.07, 6.45) is -2.82. The van der Waals surface area contributed by atoms with Crippen molar-refractivity contribution in [3.63, 3.8) is 0 Å². The molecule has 4 rings (SSSR count). The largest absolute Gasteiger partial charge is 0.493 e. The number of benzene rings is 1. The molecule has 1 fully saturated rings. The van der Waals surface area contributed by atoms with Crippen LogP contribution in [0.1, 0.15) is 33.5 Å². The highest BCUT2D eigenvalue weighted by Gasteiger charge is 2.31. The molecule has 32 heavy (non-hydrogen) atoms. The molecule has 0 aliphatic carbocycles. The third-order valence-corrected chi connectivity index (χ3v) is 5.20. The van der Waals surface area contributed by atoms with Gasteiger partial charge in [-0.05, 0) is 30.3 Å². The molecule has 1 amide bonds. The summed E-state index contributed by atoms with van der Waals surface area (Å²) >= 11 is 0. The number of aromatic amines is 1. The van der Waals surface area contributed by atoms with Crippen molar-refractivity contribution in [1.29, 1.82) is 0 Å².